The van der Waals surface area contributed by atoms with Crippen LogP contribution in [-0.4, -0.2) is 20.9 Å². The second kappa shape index (κ2) is 17.1. The zero-order valence-corrected chi connectivity index (χ0v) is 28.5. The van der Waals surface area contributed by atoms with E-state index < -0.39 is 52.9 Å². The summed E-state index contributed by atoms with van der Waals surface area (Å²) in [5.41, 5.74) is -5.10. The summed E-state index contributed by atoms with van der Waals surface area (Å²) >= 11 is 0. The van der Waals surface area contributed by atoms with Crippen LogP contribution in [0.25, 0.3) is 22.5 Å². The minimum Gasteiger partial charge on any atom is -0.543 e. The SMILES string of the molecule is Cc1ccnc(-c2[c-]c(C(F)(F)F)cc(C(F)(F)F)c2)c1.Cc1ccnc(-c2[c-]c(C(F)(F)F)cc(C(F)(F)F)c2)c1.O=C([O-])c1ccccn1.[Ir+3]. The van der Waals surface area contributed by atoms with E-state index in [9.17, 15) is 62.6 Å². The Morgan fingerprint density at radius 2 is 0.962 bits per heavy atom. The molecule has 0 bridgehead atoms. The maximum atomic E-state index is 12.7. The van der Waals surface area contributed by atoms with Crippen LogP contribution >= 0.6 is 0 Å². The first-order valence-electron chi connectivity index (χ1n) is 13.9. The number of nitrogens with zero attached hydrogens (tertiary/aromatic N) is 3. The Hall–Kier alpha value is -4.83. The van der Waals surface area contributed by atoms with Crippen molar-refractivity contribution < 1.29 is 82.7 Å². The van der Waals surface area contributed by atoms with Crippen molar-refractivity contribution in [2.45, 2.75) is 38.6 Å². The second-order valence-electron chi connectivity index (χ2n) is 10.3. The monoisotopic (exact) mass is 923 g/mol. The number of hydrogen-bond donors (Lipinski definition) is 0. The number of carbonyl (C=O) groups excluding carboxylic acids is 1. The minimum atomic E-state index is -4.92. The number of benzene rings is 2. The number of pyridine rings is 3. The van der Waals surface area contributed by atoms with Crippen molar-refractivity contribution in [3.63, 3.8) is 0 Å². The van der Waals surface area contributed by atoms with Crippen LogP contribution in [-0.2, 0) is 44.8 Å². The molecule has 3 aromatic heterocycles. The first-order valence-corrected chi connectivity index (χ1v) is 13.9. The summed E-state index contributed by atoms with van der Waals surface area (Å²) in [7, 11) is 0. The molecule has 0 radical (unpaired) electrons. The summed E-state index contributed by atoms with van der Waals surface area (Å²) in [6.07, 6.45) is -15.6. The summed E-state index contributed by atoms with van der Waals surface area (Å²) in [6.45, 7) is 3.31. The molecule has 0 aliphatic rings. The van der Waals surface area contributed by atoms with Gasteiger partial charge >= 0.3 is 44.8 Å². The van der Waals surface area contributed by atoms with Crippen molar-refractivity contribution in [3.05, 3.63) is 137 Å². The van der Waals surface area contributed by atoms with Crippen molar-refractivity contribution >= 4 is 5.97 Å². The van der Waals surface area contributed by atoms with Gasteiger partial charge in [-0.1, -0.05) is 29.3 Å². The Morgan fingerprint density at radius 1 is 0.558 bits per heavy atom. The molecule has 0 aliphatic carbocycles. The van der Waals surface area contributed by atoms with E-state index >= 15 is 0 Å². The van der Waals surface area contributed by atoms with Gasteiger partial charge in [0.25, 0.3) is 0 Å². The van der Waals surface area contributed by atoms with E-state index in [-0.39, 0.29) is 60.4 Å². The van der Waals surface area contributed by atoms with E-state index in [1.165, 1.54) is 36.8 Å². The molecule has 0 N–H and O–H groups in total. The molecular weight excluding hydrogens is 903 g/mol. The molecule has 2 aromatic carbocycles. The van der Waals surface area contributed by atoms with E-state index in [1.807, 2.05) is 12.1 Å². The molecular formula is C34H20F12IrN3O2. The average molecular weight is 923 g/mol. The average Bonchev–Trinajstić information content (AvgIpc) is 3.04. The number of carboxylic acids is 1. The molecule has 0 saturated carbocycles. The van der Waals surface area contributed by atoms with E-state index in [1.54, 1.807) is 38.1 Å². The van der Waals surface area contributed by atoms with Gasteiger partial charge in [-0.3, -0.25) is 4.98 Å². The maximum Gasteiger partial charge on any atom is 3.00 e. The van der Waals surface area contributed by atoms with Gasteiger partial charge in [-0.25, -0.2) is 0 Å². The Morgan fingerprint density at radius 3 is 1.23 bits per heavy atom. The molecule has 5 rings (SSSR count). The number of carboxylic acid groups (broad SMARTS) is 1. The number of aromatic carboxylic acids is 1. The quantitative estimate of drug-likeness (QED) is 0.133. The third-order valence-corrected chi connectivity index (χ3v) is 6.26. The molecule has 5 aromatic rings. The van der Waals surface area contributed by atoms with Crippen molar-refractivity contribution in [2.75, 3.05) is 0 Å². The van der Waals surface area contributed by atoms with Gasteiger partial charge in [-0.2, -0.15) is 52.7 Å². The van der Waals surface area contributed by atoms with Crippen LogP contribution in [0, 0.1) is 26.0 Å². The Labute approximate surface area is 300 Å². The topological polar surface area (TPSA) is 78.8 Å². The van der Waals surface area contributed by atoms with E-state index in [2.05, 4.69) is 15.0 Å². The summed E-state index contributed by atoms with van der Waals surface area (Å²) in [5.74, 6) is -1.24. The molecule has 0 unspecified atom stereocenters. The van der Waals surface area contributed by atoms with Crippen LogP contribution in [0.5, 0.6) is 0 Å². The van der Waals surface area contributed by atoms with Gasteiger partial charge in [0, 0.05) is 18.6 Å². The first-order chi connectivity index (χ1) is 23.4. The predicted molar refractivity (Wildman–Crippen MR) is 155 cm³/mol. The molecule has 5 nitrogen and oxygen atoms in total. The molecule has 276 valence electrons. The van der Waals surface area contributed by atoms with Gasteiger partial charge in [-0.05, 0) is 71.8 Å². The third kappa shape index (κ3) is 12.7. The molecule has 18 heteroatoms. The zero-order valence-electron chi connectivity index (χ0n) is 26.1. The Kier molecular flexibility index (Phi) is 14.3. The number of alkyl halides is 12. The van der Waals surface area contributed by atoms with Crippen molar-refractivity contribution in [1.29, 1.82) is 0 Å². The number of aryl methyl sites for hydroxylation is 2. The fraction of sp³-hybridized carbons (Fsp3) is 0.176. The second-order valence-corrected chi connectivity index (χ2v) is 10.3. The molecule has 0 fully saturated rings. The van der Waals surface area contributed by atoms with Crippen LogP contribution in [0.4, 0.5) is 52.7 Å². The van der Waals surface area contributed by atoms with Crippen molar-refractivity contribution in [2.24, 2.45) is 0 Å². The normalized spacial score (nSPS) is 11.7. The largest absolute Gasteiger partial charge is 3.00 e. The molecule has 52 heavy (non-hydrogen) atoms. The van der Waals surface area contributed by atoms with Crippen molar-refractivity contribution in [1.82, 2.24) is 15.0 Å². The summed E-state index contributed by atoms with van der Waals surface area (Å²) in [4.78, 5) is 21.1. The van der Waals surface area contributed by atoms with E-state index in [0.29, 0.717) is 23.3 Å². The number of rotatable bonds is 3. The molecule has 0 aliphatic heterocycles. The van der Waals surface area contributed by atoms with Crippen molar-refractivity contribution in [3.8, 4) is 22.5 Å². The predicted octanol–water partition coefficient (Wildman–Crippen LogP) is 9.23. The third-order valence-electron chi connectivity index (χ3n) is 6.26. The van der Waals surface area contributed by atoms with Crippen LogP contribution in [0.3, 0.4) is 0 Å². The standard InChI is InChI=1S/2C14H8F6N.C6H5NO2.Ir/c2*1-8-2-3-21-12(4-8)9-5-10(13(15,16)17)7-11(6-9)14(18,19)20;8-6(9)5-3-1-2-4-7-5;/h2*2-5,7H,1H3;1-4H,(H,8,9);/q2*-1;;+3/p-1. The van der Waals surface area contributed by atoms with Crippen LogP contribution in [0.2, 0.25) is 0 Å². The maximum absolute atomic E-state index is 12.7. The number of halogens is 12. The molecule has 0 amide bonds. The number of hydrogen-bond acceptors (Lipinski definition) is 5. The minimum absolute atomic E-state index is 0. The van der Waals surface area contributed by atoms with Gasteiger partial charge in [0.05, 0.1) is 11.7 Å². The van der Waals surface area contributed by atoms with Crippen LogP contribution in [0.15, 0.2) is 85.3 Å². The first kappa shape index (κ1) is 43.3. The van der Waals surface area contributed by atoms with Gasteiger partial charge in [0.15, 0.2) is 0 Å². The number of carbonyl (C=O) groups is 1. The zero-order chi connectivity index (χ0) is 38.4. The summed E-state index contributed by atoms with van der Waals surface area (Å²) in [6, 6.07) is 15.8. The Bertz CT molecular complexity index is 1780. The number of aromatic nitrogens is 3. The summed E-state index contributed by atoms with van der Waals surface area (Å²) in [5, 5.41) is 10.0. The summed E-state index contributed by atoms with van der Waals surface area (Å²) < 4.78 is 153. The molecule has 0 atom stereocenters. The molecule has 0 spiro atoms. The molecule has 3 heterocycles. The van der Waals surface area contributed by atoms with Gasteiger partial charge in [-0.15, -0.1) is 47.5 Å². The Balaban J connectivity index is 0.000000288. The fourth-order valence-electron chi connectivity index (χ4n) is 3.90. The van der Waals surface area contributed by atoms with E-state index in [0.717, 1.165) is 0 Å². The van der Waals surface area contributed by atoms with Gasteiger partial charge < -0.3 is 19.9 Å². The van der Waals surface area contributed by atoms with Gasteiger partial charge in [0.2, 0.25) is 0 Å². The van der Waals surface area contributed by atoms with E-state index in [4.69, 9.17) is 0 Å². The molecule has 0 saturated heterocycles. The fourth-order valence-corrected chi connectivity index (χ4v) is 3.90. The van der Waals surface area contributed by atoms with Gasteiger partial charge in [0.1, 0.15) is 0 Å². The smallest absolute Gasteiger partial charge is 0.543 e. The van der Waals surface area contributed by atoms with Crippen LogP contribution in [0.1, 0.15) is 43.9 Å². The van der Waals surface area contributed by atoms with Crippen LogP contribution < -0.4 is 5.11 Å².